The first-order valence-corrected chi connectivity index (χ1v) is 6.34. The molecule has 0 radical (unpaired) electrons. The number of halogens is 1. The molecule has 0 spiro atoms. The second kappa shape index (κ2) is 6.57. The summed E-state index contributed by atoms with van der Waals surface area (Å²) in [5.74, 6) is 0.834. The summed E-state index contributed by atoms with van der Waals surface area (Å²) in [6.07, 6.45) is 3.95. The van der Waals surface area contributed by atoms with Crippen LogP contribution in [0.4, 0.5) is 0 Å². The van der Waals surface area contributed by atoms with Crippen LogP contribution in [-0.4, -0.2) is 44.2 Å². The molecule has 0 N–H and O–H groups in total. The molecule has 4 heteroatoms. The van der Waals surface area contributed by atoms with Gasteiger partial charge in [0.1, 0.15) is 19.0 Å². The van der Waals surface area contributed by atoms with Gasteiger partial charge in [-0.1, -0.05) is 11.6 Å². The summed E-state index contributed by atoms with van der Waals surface area (Å²) in [5.41, 5.74) is 0.988. The Morgan fingerprint density at radius 2 is 1.94 bits per heavy atom. The van der Waals surface area contributed by atoms with E-state index in [9.17, 15) is 0 Å². The van der Waals surface area contributed by atoms with Gasteiger partial charge in [-0.2, -0.15) is 0 Å². The molecule has 3 nitrogen and oxygen atoms in total. The molecule has 0 amide bonds. The van der Waals surface area contributed by atoms with Gasteiger partial charge in [-0.3, -0.25) is 0 Å². The van der Waals surface area contributed by atoms with Crippen LogP contribution in [0, 0.1) is 0 Å². The molecule has 96 valence electrons. The van der Waals surface area contributed by atoms with Crippen LogP contribution in [0.1, 0.15) is 5.56 Å². The highest BCUT2D eigenvalue weighted by atomic mass is 35.5. The standard InChI is InChI=1S/C14H17ClNO2/c1-17-13-4-2-12(3-5-13)14(15)6-7-16-8-10-18-11-9-16/h2-7H,8-11H2,1H3/q+1/b14-6-. The maximum Gasteiger partial charge on any atom is 0.166 e. The number of benzene rings is 1. The molecule has 0 unspecified atom stereocenters. The fraction of sp³-hybridized carbons (Fsp3) is 0.357. The smallest absolute Gasteiger partial charge is 0.166 e. The summed E-state index contributed by atoms with van der Waals surface area (Å²) in [6, 6.07) is 7.70. The molecule has 1 aliphatic rings. The van der Waals surface area contributed by atoms with E-state index in [1.165, 1.54) is 0 Å². The molecule has 0 bridgehead atoms. The quantitative estimate of drug-likeness (QED) is 0.784. The minimum absolute atomic E-state index is 0.726. The molecule has 1 saturated heterocycles. The van der Waals surface area contributed by atoms with Crippen molar-refractivity contribution in [3.8, 4) is 5.75 Å². The van der Waals surface area contributed by atoms with Crippen molar-refractivity contribution in [2.24, 2.45) is 0 Å². The van der Waals surface area contributed by atoms with Gasteiger partial charge in [0.15, 0.2) is 19.3 Å². The van der Waals surface area contributed by atoms with E-state index >= 15 is 0 Å². The van der Waals surface area contributed by atoms with Crippen LogP contribution in [0.3, 0.4) is 0 Å². The van der Waals surface area contributed by atoms with Gasteiger partial charge >= 0.3 is 0 Å². The Morgan fingerprint density at radius 1 is 1.28 bits per heavy atom. The molecule has 0 aromatic heterocycles. The lowest BCUT2D eigenvalue weighted by atomic mass is 10.2. The summed E-state index contributed by atoms with van der Waals surface area (Å²) in [7, 11) is 1.65. The van der Waals surface area contributed by atoms with Crippen LogP contribution in [0.25, 0.3) is 5.03 Å². The highest BCUT2D eigenvalue weighted by Gasteiger charge is 2.09. The predicted molar refractivity (Wildman–Crippen MR) is 73.7 cm³/mol. The topological polar surface area (TPSA) is 21.5 Å². The second-order valence-electron chi connectivity index (χ2n) is 4.04. The van der Waals surface area contributed by atoms with Crippen molar-refractivity contribution in [2.45, 2.75) is 0 Å². The van der Waals surface area contributed by atoms with Gasteiger partial charge in [-0.15, -0.1) is 0 Å². The van der Waals surface area contributed by atoms with E-state index < -0.39 is 0 Å². The summed E-state index contributed by atoms with van der Waals surface area (Å²) < 4.78 is 12.6. The number of nitrogens with zero attached hydrogens (tertiary/aromatic N) is 1. The van der Waals surface area contributed by atoms with Gasteiger partial charge < -0.3 is 9.47 Å². The van der Waals surface area contributed by atoms with Crippen LogP contribution in [0.2, 0.25) is 0 Å². The average Bonchev–Trinajstić information content (AvgIpc) is 2.46. The van der Waals surface area contributed by atoms with E-state index in [2.05, 4.69) is 4.58 Å². The van der Waals surface area contributed by atoms with Gasteiger partial charge in [0.2, 0.25) is 0 Å². The minimum Gasteiger partial charge on any atom is -0.497 e. The normalized spacial score (nSPS) is 16.6. The first kappa shape index (κ1) is 13.1. The van der Waals surface area contributed by atoms with Gasteiger partial charge in [0, 0.05) is 6.08 Å². The fourth-order valence-corrected chi connectivity index (χ4v) is 1.93. The Balaban J connectivity index is 2.06. The molecule has 0 atom stereocenters. The first-order valence-electron chi connectivity index (χ1n) is 5.96. The molecule has 18 heavy (non-hydrogen) atoms. The second-order valence-corrected chi connectivity index (χ2v) is 4.45. The largest absolute Gasteiger partial charge is 0.497 e. The van der Waals surface area contributed by atoms with E-state index in [4.69, 9.17) is 21.1 Å². The van der Waals surface area contributed by atoms with Gasteiger partial charge in [0.25, 0.3) is 0 Å². The molecule has 0 saturated carbocycles. The summed E-state index contributed by atoms with van der Waals surface area (Å²) >= 11 is 6.25. The van der Waals surface area contributed by atoms with Crippen molar-refractivity contribution in [3.63, 3.8) is 0 Å². The van der Waals surface area contributed by atoms with Gasteiger partial charge in [0.05, 0.1) is 12.1 Å². The van der Waals surface area contributed by atoms with E-state index in [0.717, 1.165) is 42.6 Å². The van der Waals surface area contributed by atoms with Crippen LogP contribution in [0.5, 0.6) is 5.75 Å². The van der Waals surface area contributed by atoms with E-state index in [0.29, 0.717) is 0 Å². The zero-order valence-corrected chi connectivity index (χ0v) is 11.2. The third-order valence-electron chi connectivity index (χ3n) is 2.84. The van der Waals surface area contributed by atoms with Crippen molar-refractivity contribution in [1.82, 2.24) is 0 Å². The lowest BCUT2D eigenvalue weighted by Crippen LogP contribution is -2.28. The number of hydrogen-bond donors (Lipinski definition) is 0. The summed E-state index contributed by atoms with van der Waals surface area (Å²) in [5, 5.41) is 0.726. The van der Waals surface area contributed by atoms with E-state index in [-0.39, 0.29) is 0 Å². The Morgan fingerprint density at radius 3 is 2.56 bits per heavy atom. The maximum atomic E-state index is 6.25. The number of ether oxygens (including phenoxy) is 2. The number of hydrogen-bond acceptors (Lipinski definition) is 2. The zero-order chi connectivity index (χ0) is 12.8. The van der Waals surface area contributed by atoms with Crippen LogP contribution in [0.15, 0.2) is 30.3 Å². The molecule has 2 rings (SSSR count). The highest BCUT2D eigenvalue weighted by Crippen LogP contribution is 2.21. The minimum atomic E-state index is 0.726. The lowest BCUT2D eigenvalue weighted by Gasteiger charge is -2.09. The maximum absolute atomic E-state index is 6.25. The third kappa shape index (κ3) is 3.59. The van der Waals surface area contributed by atoms with E-state index in [1.54, 1.807) is 7.11 Å². The van der Waals surface area contributed by atoms with Crippen molar-refractivity contribution in [3.05, 3.63) is 35.9 Å². The van der Waals surface area contributed by atoms with Gasteiger partial charge in [-0.25, -0.2) is 4.58 Å². The van der Waals surface area contributed by atoms with Crippen LogP contribution >= 0.6 is 11.6 Å². The molecule has 1 aromatic rings. The predicted octanol–water partition coefficient (Wildman–Crippen LogP) is 2.39. The van der Waals surface area contributed by atoms with Crippen molar-refractivity contribution in [1.29, 1.82) is 0 Å². The number of rotatable bonds is 3. The molecule has 1 heterocycles. The van der Waals surface area contributed by atoms with Crippen molar-refractivity contribution in [2.75, 3.05) is 33.4 Å². The monoisotopic (exact) mass is 266 g/mol. The Hall–Kier alpha value is -1.32. The molecule has 1 aromatic carbocycles. The third-order valence-corrected chi connectivity index (χ3v) is 3.19. The highest BCUT2D eigenvalue weighted by molar-refractivity contribution is 6.49. The Labute approximate surface area is 112 Å². The Kier molecular flexibility index (Phi) is 4.79. The van der Waals surface area contributed by atoms with Gasteiger partial charge in [-0.05, 0) is 29.8 Å². The fourth-order valence-electron chi connectivity index (χ4n) is 1.74. The van der Waals surface area contributed by atoms with Crippen molar-refractivity contribution >= 4 is 22.8 Å². The molecule has 0 aliphatic carbocycles. The molecular weight excluding hydrogens is 250 g/mol. The number of allylic oxidation sites excluding steroid dienone is 1. The average molecular weight is 267 g/mol. The zero-order valence-electron chi connectivity index (χ0n) is 10.4. The summed E-state index contributed by atoms with van der Waals surface area (Å²) in [6.45, 7) is 3.40. The van der Waals surface area contributed by atoms with E-state index in [1.807, 2.05) is 36.6 Å². The lowest BCUT2D eigenvalue weighted by molar-refractivity contribution is -0.544. The first-order chi connectivity index (χ1) is 8.79. The number of morpholine rings is 1. The SMILES string of the molecule is COc1ccc(/C(Cl)=C/C=[N+]2CCOCC2)cc1. The van der Waals surface area contributed by atoms with Crippen molar-refractivity contribution < 1.29 is 14.0 Å². The number of methoxy groups -OCH3 is 1. The molecule has 1 aliphatic heterocycles. The molecular formula is C14H17ClNO2+. The van der Waals surface area contributed by atoms with Crippen LogP contribution in [-0.2, 0) is 4.74 Å². The van der Waals surface area contributed by atoms with Crippen LogP contribution < -0.4 is 4.74 Å². The molecule has 1 fully saturated rings. The Bertz CT molecular complexity index is 443. The summed E-state index contributed by atoms with van der Waals surface area (Å²) in [4.78, 5) is 0.